The van der Waals surface area contributed by atoms with Gasteiger partial charge in [-0.2, -0.15) is 0 Å². The number of ether oxygens (including phenoxy) is 2. The Bertz CT molecular complexity index is 775. The lowest BCUT2D eigenvalue weighted by molar-refractivity contribution is -0.120. The van der Waals surface area contributed by atoms with E-state index in [1.54, 1.807) is 29.2 Å². The highest BCUT2D eigenvalue weighted by atomic mass is 32.2. The SMILES string of the molecule is COc1cc([C@@H]2SCC(=O)Nc3ccsc32)ccc1OCC(N)=O. The van der Waals surface area contributed by atoms with Crippen LogP contribution in [0.15, 0.2) is 29.6 Å². The van der Waals surface area contributed by atoms with E-state index < -0.39 is 5.91 Å². The van der Waals surface area contributed by atoms with Gasteiger partial charge in [-0.3, -0.25) is 9.59 Å². The highest BCUT2D eigenvalue weighted by molar-refractivity contribution is 8.00. The molecule has 8 heteroatoms. The average molecular weight is 364 g/mol. The van der Waals surface area contributed by atoms with Gasteiger partial charge < -0.3 is 20.5 Å². The lowest BCUT2D eigenvalue weighted by atomic mass is 10.1. The molecule has 0 aliphatic carbocycles. The van der Waals surface area contributed by atoms with Gasteiger partial charge in [-0.25, -0.2) is 0 Å². The maximum atomic E-state index is 11.8. The molecule has 0 bridgehead atoms. The minimum atomic E-state index is -0.548. The Balaban J connectivity index is 1.92. The van der Waals surface area contributed by atoms with Crippen LogP contribution in [0, 0.1) is 0 Å². The fourth-order valence-electron chi connectivity index (χ4n) is 2.41. The number of thioether (sulfide) groups is 1. The second-order valence-electron chi connectivity index (χ2n) is 5.10. The van der Waals surface area contributed by atoms with Crippen LogP contribution in [-0.4, -0.2) is 31.3 Å². The van der Waals surface area contributed by atoms with Crippen LogP contribution in [0.2, 0.25) is 0 Å². The zero-order valence-corrected chi connectivity index (χ0v) is 14.5. The molecule has 2 amide bonds. The molecule has 0 radical (unpaired) electrons. The van der Waals surface area contributed by atoms with Crippen molar-refractivity contribution in [3.8, 4) is 11.5 Å². The van der Waals surface area contributed by atoms with Crippen molar-refractivity contribution in [3.05, 3.63) is 40.1 Å². The summed E-state index contributed by atoms with van der Waals surface area (Å²) in [6.45, 7) is -0.207. The third kappa shape index (κ3) is 3.49. The topological polar surface area (TPSA) is 90.7 Å². The van der Waals surface area contributed by atoms with Crippen molar-refractivity contribution in [3.63, 3.8) is 0 Å². The van der Waals surface area contributed by atoms with Crippen LogP contribution in [0.1, 0.15) is 15.7 Å². The van der Waals surface area contributed by atoms with Crippen LogP contribution in [0.25, 0.3) is 0 Å². The first kappa shape index (κ1) is 16.7. The molecule has 0 saturated heterocycles. The molecular weight excluding hydrogens is 348 g/mol. The average Bonchev–Trinajstić information content (AvgIpc) is 2.95. The van der Waals surface area contributed by atoms with Crippen LogP contribution in [0.4, 0.5) is 5.69 Å². The Morgan fingerprint density at radius 1 is 1.38 bits per heavy atom. The highest BCUT2D eigenvalue weighted by Crippen LogP contribution is 2.45. The molecule has 1 aromatic heterocycles. The third-order valence-corrected chi connectivity index (χ3v) is 5.85. The third-order valence-electron chi connectivity index (χ3n) is 3.45. The summed E-state index contributed by atoms with van der Waals surface area (Å²) in [5.41, 5.74) is 6.96. The summed E-state index contributed by atoms with van der Waals surface area (Å²) in [6, 6.07) is 7.45. The fraction of sp³-hybridized carbons (Fsp3) is 0.250. The molecule has 24 heavy (non-hydrogen) atoms. The smallest absolute Gasteiger partial charge is 0.255 e. The van der Waals surface area contributed by atoms with E-state index in [0.29, 0.717) is 17.3 Å². The molecule has 1 aliphatic rings. The van der Waals surface area contributed by atoms with Gasteiger partial charge in [0.15, 0.2) is 18.1 Å². The number of thiophene rings is 1. The molecule has 0 saturated carbocycles. The van der Waals surface area contributed by atoms with Gasteiger partial charge in [-0.15, -0.1) is 23.1 Å². The van der Waals surface area contributed by atoms with E-state index in [1.807, 2.05) is 23.6 Å². The van der Waals surface area contributed by atoms with Gasteiger partial charge >= 0.3 is 0 Å². The second kappa shape index (κ2) is 7.14. The second-order valence-corrected chi connectivity index (χ2v) is 7.14. The predicted molar refractivity (Wildman–Crippen MR) is 94.9 cm³/mol. The molecule has 0 unspecified atom stereocenters. The maximum absolute atomic E-state index is 11.8. The van der Waals surface area contributed by atoms with Gasteiger partial charge in [-0.05, 0) is 29.1 Å². The molecular formula is C16H16N2O4S2. The Kier molecular flexibility index (Phi) is 4.96. The van der Waals surface area contributed by atoms with Crippen LogP contribution in [0.3, 0.4) is 0 Å². The number of hydrogen-bond acceptors (Lipinski definition) is 6. The maximum Gasteiger partial charge on any atom is 0.255 e. The molecule has 0 spiro atoms. The van der Waals surface area contributed by atoms with E-state index in [0.717, 1.165) is 16.1 Å². The van der Waals surface area contributed by atoms with E-state index in [2.05, 4.69) is 5.32 Å². The van der Waals surface area contributed by atoms with E-state index in [-0.39, 0.29) is 17.8 Å². The van der Waals surface area contributed by atoms with Crippen LogP contribution >= 0.6 is 23.1 Å². The molecule has 1 aliphatic heterocycles. The van der Waals surface area contributed by atoms with E-state index in [9.17, 15) is 9.59 Å². The number of anilines is 1. The molecule has 1 aromatic carbocycles. The number of fused-ring (bicyclic) bond motifs is 1. The van der Waals surface area contributed by atoms with Gasteiger partial charge in [0.2, 0.25) is 5.91 Å². The number of carbonyl (C=O) groups is 2. The molecule has 3 rings (SSSR count). The summed E-state index contributed by atoms with van der Waals surface area (Å²) in [4.78, 5) is 23.8. The number of nitrogens with two attached hydrogens (primary N) is 1. The lowest BCUT2D eigenvalue weighted by Gasteiger charge is -2.17. The normalized spacial score (nSPS) is 16.7. The Morgan fingerprint density at radius 2 is 2.21 bits per heavy atom. The molecule has 1 atom stereocenters. The van der Waals surface area contributed by atoms with Crippen molar-refractivity contribution in [2.24, 2.45) is 5.73 Å². The van der Waals surface area contributed by atoms with Crippen molar-refractivity contribution in [1.29, 1.82) is 0 Å². The Labute approximate surface area is 147 Å². The number of benzene rings is 1. The first-order valence-corrected chi connectivity index (χ1v) is 9.09. The summed E-state index contributed by atoms with van der Waals surface area (Å²) in [6.07, 6.45) is 0. The minimum Gasteiger partial charge on any atom is -0.493 e. The first-order valence-electron chi connectivity index (χ1n) is 7.16. The van der Waals surface area contributed by atoms with Crippen molar-refractivity contribution >= 4 is 40.6 Å². The first-order chi connectivity index (χ1) is 11.6. The van der Waals surface area contributed by atoms with Crippen LogP contribution in [-0.2, 0) is 9.59 Å². The molecule has 126 valence electrons. The van der Waals surface area contributed by atoms with Crippen molar-refractivity contribution in [2.45, 2.75) is 5.25 Å². The van der Waals surface area contributed by atoms with Crippen molar-refractivity contribution in [2.75, 3.05) is 24.8 Å². The van der Waals surface area contributed by atoms with Gasteiger partial charge in [0.25, 0.3) is 5.91 Å². The number of hydrogen-bond donors (Lipinski definition) is 2. The predicted octanol–water partition coefficient (Wildman–Crippen LogP) is 2.40. The molecule has 3 N–H and O–H groups in total. The Hall–Kier alpha value is -2.19. The molecule has 2 aromatic rings. The van der Waals surface area contributed by atoms with Crippen molar-refractivity contribution in [1.82, 2.24) is 0 Å². The lowest BCUT2D eigenvalue weighted by Crippen LogP contribution is -2.20. The number of rotatable bonds is 5. The number of methoxy groups -OCH3 is 1. The molecule has 2 heterocycles. The number of nitrogens with one attached hydrogen (secondary N) is 1. The summed E-state index contributed by atoms with van der Waals surface area (Å²) in [7, 11) is 1.54. The van der Waals surface area contributed by atoms with E-state index in [1.165, 1.54) is 7.11 Å². The van der Waals surface area contributed by atoms with Gasteiger partial charge in [-0.1, -0.05) is 6.07 Å². The quantitative estimate of drug-likeness (QED) is 0.850. The zero-order chi connectivity index (χ0) is 17.1. The number of carbonyl (C=O) groups excluding carboxylic acids is 2. The van der Waals surface area contributed by atoms with Gasteiger partial charge in [0.1, 0.15) is 0 Å². The van der Waals surface area contributed by atoms with Crippen molar-refractivity contribution < 1.29 is 19.1 Å². The fourth-order valence-corrected chi connectivity index (χ4v) is 4.65. The standard InChI is InChI=1S/C16H16N2O4S2/c1-21-12-6-9(2-3-11(12)22-7-13(17)19)15-16-10(4-5-23-16)18-14(20)8-24-15/h2-6,15H,7-8H2,1H3,(H2,17,19)(H,18,20)/t15-/m0/s1. The van der Waals surface area contributed by atoms with E-state index in [4.69, 9.17) is 15.2 Å². The van der Waals surface area contributed by atoms with E-state index >= 15 is 0 Å². The highest BCUT2D eigenvalue weighted by Gasteiger charge is 2.26. The number of amides is 2. The monoisotopic (exact) mass is 364 g/mol. The van der Waals surface area contributed by atoms with Crippen LogP contribution < -0.4 is 20.5 Å². The van der Waals surface area contributed by atoms with Gasteiger partial charge in [0.05, 0.1) is 23.8 Å². The number of primary amides is 1. The van der Waals surface area contributed by atoms with Gasteiger partial charge in [0, 0.05) is 4.88 Å². The summed E-state index contributed by atoms with van der Waals surface area (Å²) >= 11 is 3.17. The minimum absolute atomic E-state index is 0.00414. The largest absolute Gasteiger partial charge is 0.493 e. The van der Waals surface area contributed by atoms with Crippen LogP contribution in [0.5, 0.6) is 11.5 Å². The molecule has 0 fully saturated rings. The summed E-state index contributed by atoms with van der Waals surface area (Å²) < 4.78 is 10.7. The summed E-state index contributed by atoms with van der Waals surface area (Å²) in [5.74, 6) is 0.813. The zero-order valence-electron chi connectivity index (χ0n) is 12.9. The summed E-state index contributed by atoms with van der Waals surface area (Å²) in [5, 5.41) is 4.91. The Morgan fingerprint density at radius 3 is 2.96 bits per heavy atom. The molecule has 6 nitrogen and oxygen atoms in total.